The van der Waals surface area contributed by atoms with Gasteiger partial charge in [0.05, 0.1) is 18.2 Å². The topological polar surface area (TPSA) is 89.5 Å². The van der Waals surface area contributed by atoms with Crippen molar-refractivity contribution in [1.82, 2.24) is 15.8 Å². The summed E-state index contributed by atoms with van der Waals surface area (Å²) in [4.78, 5) is 32.4. The lowest BCUT2D eigenvalue weighted by molar-refractivity contribution is -0.125. The van der Waals surface area contributed by atoms with Crippen LogP contribution in [0.25, 0.3) is 10.9 Å². The van der Waals surface area contributed by atoms with E-state index in [1.54, 1.807) is 25.3 Å². The molecule has 1 aliphatic heterocycles. The van der Waals surface area contributed by atoms with Gasteiger partial charge < -0.3 is 10.1 Å². The van der Waals surface area contributed by atoms with Crippen LogP contribution in [0.1, 0.15) is 10.4 Å². The molecule has 2 amide bonds. The van der Waals surface area contributed by atoms with E-state index in [4.69, 9.17) is 9.57 Å². The minimum Gasteiger partial charge on any atom is -0.497 e. The number of methoxy groups -OCH3 is 1. The molecule has 0 radical (unpaired) electrons. The molecule has 0 aliphatic carbocycles. The number of hydroxylamine groups is 1. The molecule has 1 saturated heterocycles. The average Bonchev–Trinajstić information content (AvgIpc) is 2.91. The number of carbonyl (C=O) groups is 2. The maximum Gasteiger partial charge on any atom is 0.268 e. The molecule has 3 rings (SSSR count). The molecule has 21 heavy (non-hydrogen) atoms. The molecule has 0 saturated carbocycles. The third-order valence-corrected chi connectivity index (χ3v) is 3.20. The first-order valence-electron chi connectivity index (χ1n) is 6.33. The Labute approximate surface area is 120 Å². The first kappa shape index (κ1) is 13.3. The van der Waals surface area contributed by atoms with Crippen LogP contribution in [0.2, 0.25) is 0 Å². The summed E-state index contributed by atoms with van der Waals surface area (Å²) < 4.78 is 5.12. The Balaban J connectivity index is 1.83. The number of hydrogen-bond acceptors (Lipinski definition) is 5. The Morgan fingerprint density at radius 2 is 2.33 bits per heavy atom. The van der Waals surface area contributed by atoms with Gasteiger partial charge in [-0.1, -0.05) is 0 Å². The lowest BCUT2D eigenvalue weighted by Gasteiger charge is -2.09. The molecule has 7 heteroatoms. The van der Waals surface area contributed by atoms with Crippen LogP contribution < -0.4 is 15.5 Å². The fourth-order valence-electron chi connectivity index (χ4n) is 2.04. The zero-order valence-electron chi connectivity index (χ0n) is 11.3. The van der Waals surface area contributed by atoms with Crippen molar-refractivity contribution < 1.29 is 19.2 Å². The molecule has 1 fully saturated rings. The van der Waals surface area contributed by atoms with Crippen LogP contribution in [-0.2, 0) is 9.63 Å². The average molecular weight is 287 g/mol. The van der Waals surface area contributed by atoms with Gasteiger partial charge >= 0.3 is 0 Å². The molecule has 2 heterocycles. The van der Waals surface area contributed by atoms with Crippen molar-refractivity contribution in [3.8, 4) is 5.75 Å². The molecular formula is C14H13N3O4. The highest BCUT2D eigenvalue weighted by molar-refractivity contribution is 6.00. The molecule has 7 nitrogen and oxygen atoms in total. The van der Waals surface area contributed by atoms with Gasteiger partial charge in [-0.2, -0.15) is 0 Å². The summed E-state index contributed by atoms with van der Waals surface area (Å²) in [5.41, 5.74) is 3.30. The normalized spacial score (nSPS) is 17.6. The van der Waals surface area contributed by atoms with Crippen molar-refractivity contribution in [2.45, 2.75) is 6.04 Å². The standard InChI is InChI=1S/C14H13N3O4/c1-20-10-3-2-8-4-9(6-15-11(8)5-10)13(18)16-12-7-21-17-14(12)19/h2-6,12H,7H2,1H3,(H,16,18)(H,17,19)/t12-/m0/s1. The lowest BCUT2D eigenvalue weighted by atomic mass is 10.1. The quantitative estimate of drug-likeness (QED) is 0.853. The molecule has 1 aromatic carbocycles. The molecular weight excluding hydrogens is 274 g/mol. The van der Waals surface area contributed by atoms with Gasteiger partial charge in [-0.15, -0.1) is 0 Å². The van der Waals surface area contributed by atoms with Gasteiger partial charge in [0.15, 0.2) is 0 Å². The molecule has 108 valence electrons. The molecule has 0 spiro atoms. The summed E-state index contributed by atoms with van der Waals surface area (Å²) in [6.45, 7) is 0.114. The molecule has 0 bridgehead atoms. The minimum atomic E-state index is -0.677. The zero-order chi connectivity index (χ0) is 14.8. The van der Waals surface area contributed by atoms with Gasteiger partial charge in [-0.05, 0) is 18.2 Å². The Bertz CT molecular complexity index is 716. The third-order valence-electron chi connectivity index (χ3n) is 3.20. The summed E-state index contributed by atoms with van der Waals surface area (Å²) >= 11 is 0. The summed E-state index contributed by atoms with van der Waals surface area (Å²) in [6, 6.07) is 6.44. The number of nitrogens with one attached hydrogen (secondary N) is 2. The predicted octanol–water partition coefficient (Wildman–Crippen LogP) is 0.403. The van der Waals surface area contributed by atoms with Crippen LogP contribution in [0.4, 0.5) is 0 Å². The van der Waals surface area contributed by atoms with Crippen LogP contribution in [-0.4, -0.2) is 36.6 Å². The highest BCUT2D eigenvalue weighted by atomic mass is 16.7. The van der Waals surface area contributed by atoms with Gasteiger partial charge in [0.25, 0.3) is 11.8 Å². The van der Waals surface area contributed by atoms with Crippen molar-refractivity contribution >= 4 is 22.7 Å². The van der Waals surface area contributed by atoms with E-state index in [9.17, 15) is 9.59 Å². The van der Waals surface area contributed by atoms with Crippen LogP contribution in [0.3, 0.4) is 0 Å². The zero-order valence-corrected chi connectivity index (χ0v) is 11.3. The lowest BCUT2D eigenvalue weighted by Crippen LogP contribution is -2.41. The van der Waals surface area contributed by atoms with E-state index in [0.29, 0.717) is 11.3 Å². The minimum absolute atomic E-state index is 0.114. The van der Waals surface area contributed by atoms with E-state index in [1.807, 2.05) is 6.07 Å². The Morgan fingerprint density at radius 1 is 1.48 bits per heavy atom. The smallest absolute Gasteiger partial charge is 0.268 e. The maximum absolute atomic E-state index is 12.1. The van der Waals surface area contributed by atoms with Crippen molar-refractivity contribution in [3.05, 3.63) is 36.0 Å². The van der Waals surface area contributed by atoms with Crippen molar-refractivity contribution in [2.75, 3.05) is 13.7 Å². The number of rotatable bonds is 3. The summed E-state index contributed by atoms with van der Waals surface area (Å²) in [7, 11) is 1.58. The monoisotopic (exact) mass is 287 g/mol. The number of hydrogen-bond donors (Lipinski definition) is 2. The number of benzene rings is 1. The number of ether oxygens (including phenoxy) is 1. The summed E-state index contributed by atoms with van der Waals surface area (Å²) in [6.07, 6.45) is 1.46. The second-order valence-corrected chi connectivity index (χ2v) is 4.59. The van der Waals surface area contributed by atoms with Crippen LogP contribution in [0.15, 0.2) is 30.5 Å². The van der Waals surface area contributed by atoms with Crippen molar-refractivity contribution in [1.29, 1.82) is 0 Å². The van der Waals surface area contributed by atoms with Crippen molar-refractivity contribution in [3.63, 3.8) is 0 Å². The number of carbonyl (C=O) groups excluding carboxylic acids is 2. The first-order valence-corrected chi connectivity index (χ1v) is 6.33. The van der Waals surface area contributed by atoms with E-state index in [0.717, 1.165) is 10.9 Å². The number of amides is 2. The van der Waals surface area contributed by atoms with Gasteiger partial charge in [0, 0.05) is 17.6 Å². The van der Waals surface area contributed by atoms with Gasteiger partial charge in [-0.25, -0.2) is 5.48 Å². The Morgan fingerprint density at radius 3 is 3.05 bits per heavy atom. The second kappa shape index (κ2) is 5.37. The third kappa shape index (κ3) is 2.63. The number of aromatic nitrogens is 1. The van der Waals surface area contributed by atoms with Gasteiger partial charge in [0.1, 0.15) is 18.4 Å². The SMILES string of the molecule is COc1ccc2cc(C(=O)N[C@H]3CONC3=O)cnc2c1. The fourth-order valence-corrected chi connectivity index (χ4v) is 2.04. The highest BCUT2D eigenvalue weighted by Crippen LogP contribution is 2.19. The summed E-state index contributed by atoms with van der Waals surface area (Å²) in [5, 5.41) is 3.41. The van der Waals surface area contributed by atoms with E-state index in [-0.39, 0.29) is 18.4 Å². The Kier molecular flexibility index (Phi) is 3.41. The summed E-state index contributed by atoms with van der Waals surface area (Å²) in [5.74, 6) is -0.0281. The second-order valence-electron chi connectivity index (χ2n) is 4.59. The van der Waals surface area contributed by atoms with Crippen molar-refractivity contribution in [2.24, 2.45) is 0 Å². The maximum atomic E-state index is 12.1. The number of pyridine rings is 1. The first-order chi connectivity index (χ1) is 10.2. The fraction of sp³-hybridized carbons (Fsp3) is 0.214. The number of nitrogens with zero attached hydrogens (tertiary/aromatic N) is 1. The molecule has 1 aromatic heterocycles. The van der Waals surface area contributed by atoms with E-state index < -0.39 is 6.04 Å². The molecule has 0 unspecified atom stereocenters. The van der Waals surface area contributed by atoms with Gasteiger partial charge in [0.2, 0.25) is 0 Å². The predicted molar refractivity (Wildman–Crippen MR) is 73.6 cm³/mol. The van der Waals surface area contributed by atoms with E-state index in [1.165, 1.54) is 6.20 Å². The van der Waals surface area contributed by atoms with Crippen LogP contribution in [0.5, 0.6) is 5.75 Å². The molecule has 2 N–H and O–H groups in total. The molecule has 2 aromatic rings. The van der Waals surface area contributed by atoms with E-state index >= 15 is 0 Å². The largest absolute Gasteiger partial charge is 0.497 e. The van der Waals surface area contributed by atoms with Crippen LogP contribution >= 0.6 is 0 Å². The van der Waals surface area contributed by atoms with E-state index in [2.05, 4.69) is 15.8 Å². The van der Waals surface area contributed by atoms with Gasteiger partial charge in [-0.3, -0.25) is 19.4 Å². The highest BCUT2D eigenvalue weighted by Gasteiger charge is 2.27. The number of fused-ring (bicyclic) bond motifs is 1. The van der Waals surface area contributed by atoms with Crippen LogP contribution in [0, 0.1) is 0 Å². The molecule has 1 aliphatic rings. The Hall–Kier alpha value is -2.67. The molecule has 1 atom stereocenters.